The average molecular weight is 473 g/mol. The number of halogens is 3. The number of carbonyl (C=O) groups is 1. The van der Waals surface area contributed by atoms with Gasteiger partial charge in [0.2, 0.25) is 15.9 Å². The van der Waals surface area contributed by atoms with E-state index in [1.807, 2.05) is 6.92 Å². The third-order valence-electron chi connectivity index (χ3n) is 4.47. The predicted octanol–water partition coefficient (Wildman–Crippen LogP) is 3.84. The second-order valence-corrected chi connectivity index (χ2v) is 9.50. The number of aromatic nitrogens is 2. The highest BCUT2D eigenvalue weighted by molar-refractivity contribution is 8.00. The highest BCUT2D eigenvalue weighted by atomic mass is 32.2. The largest absolute Gasteiger partial charge is 0.418 e. The molecule has 0 bridgehead atoms. The minimum atomic E-state index is -4.60. The minimum Gasteiger partial charge on any atom is -0.325 e. The van der Waals surface area contributed by atoms with Gasteiger partial charge in [0, 0.05) is 6.54 Å². The maximum Gasteiger partial charge on any atom is 0.418 e. The van der Waals surface area contributed by atoms with E-state index in [-0.39, 0.29) is 10.6 Å². The van der Waals surface area contributed by atoms with Crippen LogP contribution in [0.2, 0.25) is 0 Å². The van der Waals surface area contributed by atoms with Crippen LogP contribution in [0.3, 0.4) is 0 Å². The molecule has 1 heterocycles. The summed E-state index contributed by atoms with van der Waals surface area (Å²) in [5.41, 5.74) is -0.232. The molecule has 0 radical (unpaired) electrons. The number of fused-ring (bicyclic) bond motifs is 1. The Morgan fingerprint density at radius 3 is 2.55 bits per heavy atom. The van der Waals surface area contributed by atoms with Crippen LogP contribution in [0, 0.1) is 0 Å². The molecule has 1 unspecified atom stereocenters. The molecule has 7 nitrogen and oxygen atoms in total. The lowest BCUT2D eigenvalue weighted by Crippen LogP contribution is -2.24. The van der Waals surface area contributed by atoms with E-state index in [2.05, 4.69) is 10.3 Å². The van der Waals surface area contributed by atoms with Gasteiger partial charge in [0.25, 0.3) is 0 Å². The van der Waals surface area contributed by atoms with Crippen molar-refractivity contribution < 1.29 is 26.4 Å². The van der Waals surface area contributed by atoms with E-state index in [1.165, 1.54) is 30.3 Å². The van der Waals surface area contributed by atoms with E-state index >= 15 is 0 Å². The van der Waals surface area contributed by atoms with Crippen molar-refractivity contribution in [3.63, 3.8) is 0 Å². The first-order chi connectivity index (χ1) is 14.4. The van der Waals surface area contributed by atoms with E-state index < -0.39 is 32.9 Å². The smallest absolute Gasteiger partial charge is 0.325 e. The summed E-state index contributed by atoms with van der Waals surface area (Å²) >= 11 is 1.05. The molecular weight excluding hydrogens is 453 g/mol. The van der Waals surface area contributed by atoms with Gasteiger partial charge < -0.3 is 9.88 Å². The Morgan fingerprint density at radius 1 is 1.26 bits per heavy atom. The maximum atomic E-state index is 13.2. The number of primary sulfonamides is 1. The number of para-hydroxylation sites is 1. The van der Waals surface area contributed by atoms with Crippen molar-refractivity contribution in [1.82, 2.24) is 9.55 Å². The van der Waals surface area contributed by atoms with Crippen molar-refractivity contribution in [2.45, 2.75) is 41.9 Å². The molecule has 31 heavy (non-hydrogen) atoms. The standard InChI is InChI=1S/C19H19F3N4O3S2/c1-3-26-16-9-8-12(31(23,28)29)10-15(16)25-18(26)30-11(2)17(27)24-14-7-5-4-6-13(14)19(20,21)22/h4-11H,3H2,1-2H3,(H,24,27)(H2,23,28,29). The van der Waals surface area contributed by atoms with Crippen molar-refractivity contribution in [2.24, 2.45) is 5.14 Å². The summed E-state index contributed by atoms with van der Waals surface area (Å²) in [6, 6.07) is 9.01. The Hall–Kier alpha value is -2.57. The Bertz CT molecular complexity index is 1240. The fourth-order valence-corrected chi connectivity index (χ4v) is 4.47. The zero-order chi connectivity index (χ0) is 23.0. The Balaban J connectivity index is 1.86. The molecule has 0 aliphatic carbocycles. The van der Waals surface area contributed by atoms with Gasteiger partial charge in [0.1, 0.15) is 0 Å². The lowest BCUT2D eigenvalue weighted by atomic mass is 10.1. The normalized spacial score (nSPS) is 13.4. The summed E-state index contributed by atoms with van der Waals surface area (Å²) in [5.74, 6) is -0.623. The molecular formula is C19H19F3N4O3S2. The van der Waals surface area contributed by atoms with Gasteiger partial charge in [-0.05, 0) is 44.2 Å². The van der Waals surface area contributed by atoms with Crippen LogP contribution in [0.15, 0.2) is 52.5 Å². The first-order valence-corrected chi connectivity index (χ1v) is 11.5. The quantitative estimate of drug-likeness (QED) is 0.530. The topological polar surface area (TPSA) is 107 Å². The summed E-state index contributed by atoms with van der Waals surface area (Å²) in [7, 11) is -3.90. The van der Waals surface area contributed by atoms with Gasteiger partial charge in [0.15, 0.2) is 5.16 Å². The molecule has 2 aromatic carbocycles. The first kappa shape index (κ1) is 23.1. The lowest BCUT2D eigenvalue weighted by Gasteiger charge is -2.16. The first-order valence-electron chi connectivity index (χ1n) is 9.08. The van der Waals surface area contributed by atoms with E-state index in [1.54, 1.807) is 17.6 Å². The second-order valence-electron chi connectivity index (χ2n) is 6.63. The van der Waals surface area contributed by atoms with Crippen LogP contribution in [-0.2, 0) is 27.5 Å². The highest BCUT2D eigenvalue weighted by Gasteiger charge is 2.34. The van der Waals surface area contributed by atoms with Gasteiger partial charge in [-0.25, -0.2) is 18.5 Å². The van der Waals surface area contributed by atoms with Gasteiger partial charge in [-0.15, -0.1) is 0 Å². The van der Waals surface area contributed by atoms with Crippen LogP contribution in [0.4, 0.5) is 18.9 Å². The lowest BCUT2D eigenvalue weighted by molar-refractivity contribution is -0.137. The fraction of sp³-hybridized carbons (Fsp3) is 0.263. The summed E-state index contributed by atoms with van der Waals surface area (Å²) in [5, 5.41) is 7.14. The third kappa shape index (κ3) is 5.02. The molecule has 3 rings (SSSR count). The molecule has 0 aliphatic rings. The molecule has 1 amide bonds. The summed E-state index contributed by atoms with van der Waals surface area (Å²) in [6.07, 6.45) is -4.60. The van der Waals surface area contributed by atoms with Crippen LogP contribution in [0.5, 0.6) is 0 Å². The number of amides is 1. The molecule has 3 N–H and O–H groups in total. The molecule has 1 aromatic heterocycles. The van der Waals surface area contributed by atoms with Crippen LogP contribution in [0.25, 0.3) is 11.0 Å². The van der Waals surface area contributed by atoms with Gasteiger partial charge in [-0.1, -0.05) is 23.9 Å². The van der Waals surface area contributed by atoms with Gasteiger partial charge in [0.05, 0.1) is 32.4 Å². The second kappa shape index (κ2) is 8.52. The number of hydrogen-bond donors (Lipinski definition) is 2. The van der Waals surface area contributed by atoms with Gasteiger partial charge in [-0.2, -0.15) is 13.2 Å². The highest BCUT2D eigenvalue weighted by Crippen LogP contribution is 2.35. The average Bonchev–Trinajstić information content (AvgIpc) is 3.02. The predicted molar refractivity (Wildman–Crippen MR) is 112 cm³/mol. The zero-order valence-electron chi connectivity index (χ0n) is 16.5. The number of sulfonamides is 1. The molecule has 166 valence electrons. The number of benzene rings is 2. The number of anilines is 1. The van der Waals surface area contributed by atoms with E-state index in [9.17, 15) is 26.4 Å². The number of nitrogens with two attached hydrogens (primary N) is 1. The van der Waals surface area contributed by atoms with Crippen LogP contribution in [-0.4, -0.2) is 29.1 Å². The van der Waals surface area contributed by atoms with E-state index in [4.69, 9.17) is 5.14 Å². The molecule has 0 saturated heterocycles. The summed E-state index contributed by atoms with van der Waals surface area (Å²) in [4.78, 5) is 16.9. The van der Waals surface area contributed by atoms with Crippen molar-refractivity contribution in [2.75, 3.05) is 5.32 Å². The number of imidazole rings is 1. The monoisotopic (exact) mass is 472 g/mol. The molecule has 0 saturated carbocycles. The number of aryl methyl sites for hydroxylation is 1. The SMILES string of the molecule is CCn1c(SC(C)C(=O)Nc2ccccc2C(F)(F)F)nc2cc(S(N)(=O)=O)ccc21. The van der Waals surface area contributed by atoms with Crippen LogP contribution < -0.4 is 10.5 Å². The number of thioether (sulfide) groups is 1. The summed E-state index contributed by atoms with van der Waals surface area (Å²) < 4.78 is 64.4. The van der Waals surface area contributed by atoms with Crippen LogP contribution in [0.1, 0.15) is 19.4 Å². The molecule has 0 aliphatic heterocycles. The third-order valence-corrected chi connectivity index (χ3v) is 6.47. The van der Waals surface area contributed by atoms with Crippen LogP contribution >= 0.6 is 11.8 Å². The molecule has 1 atom stereocenters. The number of nitrogens with one attached hydrogen (secondary N) is 1. The molecule has 3 aromatic rings. The zero-order valence-corrected chi connectivity index (χ0v) is 18.1. The van der Waals surface area contributed by atoms with E-state index in [0.29, 0.717) is 22.7 Å². The number of hydrogen-bond acceptors (Lipinski definition) is 5. The maximum absolute atomic E-state index is 13.2. The van der Waals surface area contributed by atoms with Crippen molar-refractivity contribution in [3.8, 4) is 0 Å². The number of alkyl halides is 3. The number of nitrogens with zero attached hydrogens (tertiary/aromatic N) is 2. The number of carbonyl (C=O) groups excluding carboxylic acids is 1. The van der Waals surface area contributed by atoms with Crippen molar-refractivity contribution in [3.05, 3.63) is 48.0 Å². The van der Waals surface area contributed by atoms with Gasteiger partial charge in [-0.3, -0.25) is 4.79 Å². The molecule has 0 spiro atoms. The Kier molecular flexibility index (Phi) is 6.35. The Morgan fingerprint density at radius 2 is 1.94 bits per heavy atom. The Labute approximate surface area is 180 Å². The molecule has 0 fully saturated rings. The summed E-state index contributed by atoms with van der Waals surface area (Å²) in [6.45, 7) is 3.88. The van der Waals surface area contributed by atoms with Crippen molar-refractivity contribution >= 4 is 44.4 Å². The fourth-order valence-electron chi connectivity index (χ4n) is 2.95. The van der Waals surface area contributed by atoms with Crippen molar-refractivity contribution in [1.29, 1.82) is 0 Å². The minimum absolute atomic E-state index is 0.0909. The molecule has 12 heteroatoms. The van der Waals surface area contributed by atoms with Gasteiger partial charge >= 0.3 is 6.18 Å². The number of rotatable bonds is 6. The van der Waals surface area contributed by atoms with E-state index in [0.717, 1.165) is 17.8 Å².